The van der Waals surface area contributed by atoms with Crippen molar-refractivity contribution in [3.05, 3.63) is 30.3 Å². The molecule has 76 valence electrons. The molecule has 2 heteroatoms. The molecule has 0 saturated heterocycles. The predicted octanol–water partition coefficient (Wildman–Crippen LogP) is 3.06. The highest BCUT2D eigenvalue weighted by atomic mass is 16.1. The summed E-state index contributed by atoms with van der Waals surface area (Å²) in [6.07, 6.45) is 1.65. The molecule has 0 aliphatic carbocycles. The highest BCUT2D eigenvalue weighted by Crippen LogP contribution is 2.10. The molecule has 0 heterocycles. The normalized spacial score (nSPS) is 12.1. The van der Waals surface area contributed by atoms with E-state index in [9.17, 15) is 4.79 Å². The SMILES string of the molecule is CC[C@@H](C)CC(=O)Nc1ccccc1. The fourth-order valence-electron chi connectivity index (χ4n) is 1.19. The Kier molecular flexibility index (Phi) is 4.17. The van der Waals surface area contributed by atoms with E-state index in [1.165, 1.54) is 0 Å². The summed E-state index contributed by atoms with van der Waals surface area (Å²) in [5.41, 5.74) is 0.876. The van der Waals surface area contributed by atoms with Crippen LogP contribution in [-0.2, 0) is 4.79 Å². The summed E-state index contributed by atoms with van der Waals surface area (Å²) < 4.78 is 0. The minimum Gasteiger partial charge on any atom is -0.326 e. The number of anilines is 1. The van der Waals surface area contributed by atoms with E-state index >= 15 is 0 Å². The summed E-state index contributed by atoms with van der Waals surface area (Å²) in [5.74, 6) is 0.560. The number of hydrogen-bond donors (Lipinski definition) is 1. The third kappa shape index (κ3) is 3.60. The Hall–Kier alpha value is -1.31. The molecule has 1 amide bonds. The van der Waals surface area contributed by atoms with E-state index in [-0.39, 0.29) is 5.91 Å². The van der Waals surface area contributed by atoms with Gasteiger partial charge < -0.3 is 5.32 Å². The molecule has 1 aromatic carbocycles. The Bertz CT molecular complexity index is 282. The number of rotatable bonds is 4. The van der Waals surface area contributed by atoms with Gasteiger partial charge in [0.05, 0.1) is 0 Å². The van der Waals surface area contributed by atoms with Gasteiger partial charge >= 0.3 is 0 Å². The van der Waals surface area contributed by atoms with Crippen molar-refractivity contribution < 1.29 is 4.79 Å². The van der Waals surface area contributed by atoms with Gasteiger partial charge in [0.1, 0.15) is 0 Å². The van der Waals surface area contributed by atoms with Gasteiger partial charge in [0.2, 0.25) is 5.91 Å². The molecule has 0 aromatic heterocycles. The molecule has 0 radical (unpaired) electrons. The van der Waals surface area contributed by atoms with Gasteiger partial charge in [0.25, 0.3) is 0 Å². The Morgan fingerprint density at radius 2 is 2.00 bits per heavy atom. The van der Waals surface area contributed by atoms with E-state index < -0.39 is 0 Å². The van der Waals surface area contributed by atoms with Crippen molar-refractivity contribution in [2.24, 2.45) is 5.92 Å². The van der Waals surface area contributed by atoms with Gasteiger partial charge in [-0.05, 0) is 18.1 Å². The minimum absolute atomic E-state index is 0.102. The summed E-state index contributed by atoms with van der Waals surface area (Å²) >= 11 is 0. The lowest BCUT2D eigenvalue weighted by molar-refractivity contribution is -0.117. The number of nitrogens with one attached hydrogen (secondary N) is 1. The number of hydrogen-bond acceptors (Lipinski definition) is 1. The minimum atomic E-state index is 0.102. The van der Waals surface area contributed by atoms with E-state index in [1.54, 1.807) is 0 Å². The Morgan fingerprint density at radius 3 is 2.57 bits per heavy atom. The Balaban J connectivity index is 2.42. The van der Waals surface area contributed by atoms with E-state index in [2.05, 4.69) is 19.2 Å². The van der Waals surface area contributed by atoms with Crippen molar-refractivity contribution >= 4 is 11.6 Å². The van der Waals surface area contributed by atoms with Crippen LogP contribution in [0.3, 0.4) is 0 Å². The third-order valence-corrected chi connectivity index (χ3v) is 2.29. The first-order chi connectivity index (χ1) is 6.72. The summed E-state index contributed by atoms with van der Waals surface area (Å²) in [5, 5.41) is 2.87. The molecule has 0 spiro atoms. The van der Waals surface area contributed by atoms with Gasteiger partial charge in [0.15, 0.2) is 0 Å². The lowest BCUT2D eigenvalue weighted by Gasteiger charge is -2.08. The number of carbonyl (C=O) groups excluding carboxylic acids is 1. The van der Waals surface area contributed by atoms with E-state index in [1.807, 2.05) is 30.3 Å². The van der Waals surface area contributed by atoms with Crippen molar-refractivity contribution in [2.75, 3.05) is 5.32 Å². The van der Waals surface area contributed by atoms with Gasteiger partial charge in [-0.2, -0.15) is 0 Å². The molecule has 14 heavy (non-hydrogen) atoms. The van der Waals surface area contributed by atoms with Crippen LogP contribution in [0.5, 0.6) is 0 Å². The first-order valence-electron chi connectivity index (χ1n) is 5.07. The van der Waals surface area contributed by atoms with Crippen molar-refractivity contribution in [2.45, 2.75) is 26.7 Å². The molecular formula is C12H17NO. The summed E-state index contributed by atoms with van der Waals surface area (Å²) in [6.45, 7) is 4.19. The van der Waals surface area contributed by atoms with Crippen LogP contribution >= 0.6 is 0 Å². The fraction of sp³-hybridized carbons (Fsp3) is 0.417. The summed E-state index contributed by atoms with van der Waals surface area (Å²) in [6, 6.07) is 9.56. The van der Waals surface area contributed by atoms with Crippen LogP contribution in [0.2, 0.25) is 0 Å². The van der Waals surface area contributed by atoms with E-state index in [0.717, 1.165) is 12.1 Å². The number of amides is 1. The molecule has 0 unspecified atom stereocenters. The molecule has 2 nitrogen and oxygen atoms in total. The van der Waals surface area contributed by atoms with Crippen molar-refractivity contribution in [1.82, 2.24) is 0 Å². The summed E-state index contributed by atoms with van der Waals surface area (Å²) in [4.78, 5) is 11.5. The van der Waals surface area contributed by atoms with Crippen LogP contribution in [0.4, 0.5) is 5.69 Å². The fourth-order valence-corrected chi connectivity index (χ4v) is 1.19. The zero-order valence-corrected chi connectivity index (χ0v) is 8.79. The first-order valence-corrected chi connectivity index (χ1v) is 5.07. The largest absolute Gasteiger partial charge is 0.326 e. The topological polar surface area (TPSA) is 29.1 Å². The molecule has 0 saturated carbocycles. The molecule has 0 bridgehead atoms. The molecule has 1 atom stereocenters. The zero-order valence-electron chi connectivity index (χ0n) is 8.79. The molecule has 1 N–H and O–H groups in total. The molecular weight excluding hydrogens is 174 g/mol. The first kappa shape index (κ1) is 10.8. The third-order valence-electron chi connectivity index (χ3n) is 2.29. The smallest absolute Gasteiger partial charge is 0.224 e. The van der Waals surface area contributed by atoms with Crippen LogP contribution < -0.4 is 5.32 Å². The van der Waals surface area contributed by atoms with Crippen molar-refractivity contribution in [1.29, 1.82) is 0 Å². The second-order valence-electron chi connectivity index (χ2n) is 3.63. The molecule has 1 aromatic rings. The van der Waals surface area contributed by atoms with Crippen molar-refractivity contribution in [3.63, 3.8) is 0 Å². The van der Waals surface area contributed by atoms with Gasteiger partial charge in [-0.1, -0.05) is 38.5 Å². The molecule has 0 aliphatic heterocycles. The Labute approximate surface area is 85.3 Å². The number of benzene rings is 1. The maximum Gasteiger partial charge on any atom is 0.224 e. The number of para-hydroxylation sites is 1. The molecule has 0 fully saturated rings. The lowest BCUT2D eigenvalue weighted by atomic mass is 10.1. The second kappa shape index (κ2) is 5.43. The van der Waals surface area contributed by atoms with Crippen LogP contribution in [0, 0.1) is 5.92 Å². The van der Waals surface area contributed by atoms with Crippen LogP contribution in [0.15, 0.2) is 30.3 Å². The van der Waals surface area contributed by atoms with Gasteiger partial charge in [-0.3, -0.25) is 4.79 Å². The predicted molar refractivity (Wildman–Crippen MR) is 59.1 cm³/mol. The second-order valence-corrected chi connectivity index (χ2v) is 3.63. The lowest BCUT2D eigenvalue weighted by Crippen LogP contribution is -2.14. The van der Waals surface area contributed by atoms with Crippen LogP contribution in [0.1, 0.15) is 26.7 Å². The van der Waals surface area contributed by atoms with Gasteiger partial charge in [0, 0.05) is 12.1 Å². The maximum absolute atomic E-state index is 11.5. The maximum atomic E-state index is 11.5. The van der Waals surface area contributed by atoms with E-state index in [4.69, 9.17) is 0 Å². The number of carbonyl (C=O) groups is 1. The summed E-state index contributed by atoms with van der Waals surface area (Å²) in [7, 11) is 0. The van der Waals surface area contributed by atoms with Gasteiger partial charge in [-0.15, -0.1) is 0 Å². The van der Waals surface area contributed by atoms with E-state index in [0.29, 0.717) is 12.3 Å². The average Bonchev–Trinajstić information content (AvgIpc) is 2.19. The standard InChI is InChI=1S/C12H17NO/c1-3-10(2)9-12(14)13-11-7-5-4-6-8-11/h4-8,10H,3,9H2,1-2H3,(H,13,14)/t10-/m1/s1. The molecule has 1 rings (SSSR count). The average molecular weight is 191 g/mol. The van der Waals surface area contributed by atoms with Crippen LogP contribution in [-0.4, -0.2) is 5.91 Å². The van der Waals surface area contributed by atoms with Gasteiger partial charge in [-0.25, -0.2) is 0 Å². The zero-order chi connectivity index (χ0) is 10.4. The highest BCUT2D eigenvalue weighted by molar-refractivity contribution is 5.90. The monoisotopic (exact) mass is 191 g/mol. The van der Waals surface area contributed by atoms with Crippen LogP contribution in [0.25, 0.3) is 0 Å². The quantitative estimate of drug-likeness (QED) is 0.778. The highest BCUT2D eigenvalue weighted by Gasteiger charge is 2.06. The molecule has 0 aliphatic rings. The Morgan fingerprint density at radius 1 is 1.36 bits per heavy atom. The van der Waals surface area contributed by atoms with Crippen molar-refractivity contribution in [3.8, 4) is 0 Å².